The summed E-state index contributed by atoms with van der Waals surface area (Å²) in [6.07, 6.45) is 2.01. The lowest BCUT2D eigenvalue weighted by atomic mass is 9.87. The number of carbonyl (C=O) groups is 1. The Kier molecular flexibility index (Phi) is 3.39. The van der Waals surface area contributed by atoms with Gasteiger partial charge in [0.2, 0.25) is 0 Å². The second-order valence-corrected chi connectivity index (χ2v) is 4.76. The number of carbonyl (C=O) groups excluding carboxylic acids is 1. The molecular formula is C14H19NO. The van der Waals surface area contributed by atoms with Crippen LogP contribution in [0.1, 0.15) is 28.8 Å². The fraction of sp³-hybridized carbons (Fsp3) is 0.500. The molecule has 1 saturated heterocycles. The number of ketones is 1. The molecule has 16 heavy (non-hydrogen) atoms. The molecule has 0 bridgehead atoms. The van der Waals surface area contributed by atoms with E-state index in [0.29, 0.717) is 5.78 Å². The van der Waals surface area contributed by atoms with E-state index < -0.39 is 0 Å². The van der Waals surface area contributed by atoms with E-state index in [2.05, 4.69) is 11.9 Å². The van der Waals surface area contributed by atoms with E-state index in [9.17, 15) is 4.79 Å². The van der Waals surface area contributed by atoms with Gasteiger partial charge in [-0.2, -0.15) is 0 Å². The molecule has 0 radical (unpaired) electrons. The Balaban J connectivity index is 2.11. The molecule has 0 aromatic heterocycles. The zero-order chi connectivity index (χ0) is 11.5. The number of hydrogen-bond acceptors (Lipinski definition) is 2. The Hall–Kier alpha value is -1.15. The molecular weight excluding hydrogens is 198 g/mol. The highest BCUT2D eigenvalue weighted by atomic mass is 16.1. The number of Topliss-reactive ketones (excluding diaryl/α,β-unsaturated/α-hetero) is 1. The van der Waals surface area contributed by atoms with E-state index >= 15 is 0 Å². The highest BCUT2D eigenvalue weighted by molar-refractivity contribution is 5.99. The minimum absolute atomic E-state index is 0.234. The van der Waals surface area contributed by atoms with Gasteiger partial charge in [0.25, 0.3) is 0 Å². The molecule has 2 heteroatoms. The molecule has 1 aromatic carbocycles. The second kappa shape index (κ2) is 4.79. The lowest BCUT2D eigenvalue weighted by Gasteiger charge is -2.28. The molecule has 0 amide bonds. The predicted octanol–water partition coefficient (Wildman–Crippen LogP) is 2.52. The molecule has 0 N–H and O–H groups in total. The van der Waals surface area contributed by atoms with Crippen molar-refractivity contribution in [3.05, 3.63) is 35.4 Å². The minimum Gasteiger partial charge on any atom is -0.306 e. The van der Waals surface area contributed by atoms with Crippen LogP contribution in [-0.2, 0) is 0 Å². The van der Waals surface area contributed by atoms with Crippen LogP contribution in [0.3, 0.4) is 0 Å². The molecule has 1 aromatic rings. The zero-order valence-electron chi connectivity index (χ0n) is 10.1. The van der Waals surface area contributed by atoms with Crippen LogP contribution in [-0.4, -0.2) is 30.8 Å². The van der Waals surface area contributed by atoms with Gasteiger partial charge in [0, 0.05) is 11.5 Å². The van der Waals surface area contributed by atoms with Crippen molar-refractivity contribution in [1.82, 2.24) is 4.90 Å². The van der Waals surface area contributed by atoms with Crippen LogP contribution in [0.4, 0.5) is 0 Å². The van der Waals surface area contributed by atoms with E-state index in [1.807, 2.05) is 31.2 Å². The van der Waals surface area contributed by atoms with Crippen molar-refractivity contribution in [3.63, 3.8) is 0 Å². The first kappa shape index (κ1) is 11.3. The van der Waals surface area contributed by atoms with Gasteiger partial charge in [0.1, 0.15) is 0 Å². The summed E-state index contributed by atoms with van der Waals surface area (Å²) in [6, 6.07) is 7.91. The van der Waals surface area contributed by atoms with E-state index in [1.165, 1.54) is 0 Å². The predicted molar refractivity (Wildman–Crippen MR) is 65.7 cm³/mol. The monoisotopic (exact) mass is 217 g/mol. The molecule has 1 fully saturated rings. The van der Waals surface area contributed by atoms with Crippen molar-refractivity contribution in [2.24, 2.45) is 5.92 Å². The van der Waals surface area contributed by atoms with Crippen molar-refractivity contribution in [2.75, 3.05) is 20.1 Å². The topological polar surface area (TPSA) is 20.3 Å². The maximum absolute atomic E-state index is 12.3. The van der Waals surface area contributed by atoms with Gasteiger partial charge in [0.15, 0.2) is 5.78 Å². The third-order valence-electron chi connectivity index (χ3n) is 3.50. The van der Waals surface area contributed by atoms with Crippen LogP contribution in [0.25, 0.3) is 0 Å². The average molecular weight is 217 g/mol. The molecule has 0 spiro atoms. The van der Waals surface area contributed by atoms with Crippen molar-refractivity contribution in [2.45, 2.75) is 19.8 Å². The number of rotatable bonds is 2. The smallest absolute Gasteiger partial charge is 0.166 e. The molecule has 1 aliphatic rings. The maximum Gasteiger partial charge on any atom is 0.166 e. The quantitative estimate of drug-likeness (QED) is 0.709. The highest BCUT2D eigenvalue weighted by Crippen LogP contribution is 2.22. The Bertz CT molecular complexity index is 378. The molecule has 2 rings (SSSR count). The van der Waals surface area contributed by atoms with E-state index in [-0.39, 0.29) is 5.92 Å². The maximum atomic E-state index is 12.3. The summed E-state index contributed by atoms with van der Waals surface area (Å²) in [5.74, 6) is 0.573. The van der Waals surface area contributed by atoms with Crippen LogP contribution in [0.15, 0.2) is 24.3 Å². The SMILES string of the molecule is Cc1ccccc1C(=O)C1CCN(C)CC1. The first-order valence-corrected chi connectivity index (χ1v) is 5.97. The summed E-state index contributed by atoms with van der Waals surface area (Å²) in [7, 11) is 2.12. The minimum atomic E-state index is 0.234. The van der Waals surface area contributed by atoms with Gasteiger partial charge in [-0.3, -0.25) is 4.79 Å². The number of hydrogen-bond donors (Lipinski definition) is 0. The molecule has 86 valence electrons. The third kappa shape index (κ3) is 2.33. The van der Waals surface area contributed by atoms with Crippen LogP contribution < -0.4 is 0 Å². The van der Waals surface area contributed by atoms with Crippen molar-refractivity contribution >= 4 is 5.78 Å². The Morgan fingerprint density at radius 3 is 2.50 bits per heavy atom. The van der Waals surface area contributed by atoms with Crippen LogP contribution in [0, 0.1) is 12.8 Å². The van der Waals surface area contributed by atoms with E-state index in [4.69, 9.17) is 0 Å². The largest absolute Gasteiger partial charge is 0.306 e. The fourth-order valence-electron chi connectivity index (χ4n) is 2.34. The summed E-state index contributed by atoms with van der Waals surface area (Å²) in [5.41, 5.74) is 2.02. The lowest BCUT2D eigenvalue weighted by Crippen LogP contribution is -2.33. The van der Waals surface area contributed by atoms with E-state index in [0.717, 1.165) is 37.1 Å². The highest BCUT2D eigenvalue weighted by Gasteiger charge is 2.24. The van der Waals surface area contributed by atoms with Crippen molar-refractivity contribution < 1.29 is 4.79 Å². The van der Waals surface area contributed by atoms with Crippen LogP contribution in [0.2, 0.25) is 0 Å². The third-order valence-corrected chi connectivity index (χ3v) is 3.50. The van der Waals surface area contributed by atoms with Crippen molar-refractivity contribution in [3.8, 4) is 0 Å². The first-order chi connectivity index (χ1) is 7.68. The van der Waals surface area contributed by atoms with Gasteiger partial charge >= 0.3 is 0 Å². The van der Waals surface area contributed by atoms with Gasteiger partial charge in [-0.1, -0.05) is 24.3 Å². The average Bonchev–Trinajstić information content (AvgIpc) is 2.30. The van der Waals surface area contributed by atoms with E-state index in [1.54, 1.807) is 0 Å². The summed E-state index contributed by atoms with van der Waals surface area (Å²) >= 11 is 0. The number of nitrogens with zero attached hydrogens (tertiary/aromatic N) is 1. The summed E-state index contributed by atoms with van der Waals surface area (Å²) in [4.78, 5) is 14.6. The van der Waals surface area contributed by atoms with Crippen molar-refractivity contribution in [1.29, 1.82) is 0 Å². The molecule has 0 aliphatic carbocycles. The number of aryl methyl sites for hydroxylation is 1. The van der Waals surface area contributed by atoms with Crippen LogP contribution >= 0.6 is 0 Å². The molecule has 1 heterocycles. The summed E-state index contributed by atoms with van der Waals surface area (Å²) in [5, 5.41) is 0. The molecule has 2 nitrogen and oxygen atoms in total. The van der Waals surface area contributed by atoms with Gasteiger partial charge in [-0.05, 0) is 45.5 Å². The summed E-state index contributed by atoms with van der Waals surface area (Å²) < 4.78 is 0. The molecule has 1 aliphatic heterocycles. The van der Waals surface area contributed by atoms with Gasteiger partial charge in [0.05, 0.1) is 0 Å². The van der Waals surface area contributed by atoms with Gasteiger partial charge < -0.3 is 4.90 Å². The fourth-order valence-corrected chi connectivity index (χ4v) is 2.34. The Labute approximate surface area is 97.3 Å². The molecule has 0 atom stereocenters. The Morgan fingerprint density at radius 1 is 1.25 bits per heavy atom. The second-order valence-electron chi connectivity index (χ2n) is 4.76. The number of benzene rings is 1. The van der Waals surface area contributed by atoms with Crippen LogP contribution in [0.5, 0.6) is 0 Å². The van der Waals surface area contributed by atoms with Gasteiger partial charge in [-0.25, -0.2) is 0 Å². The molecule has 0 unspecified atom stereocenters. The normalized spacial score (nSPS) is 18.6. The zero-order valence-corrected chi connectivity index (χ0v) is 10.1. The Morgan fingerprint density at radius 2 is 1.88 bits per heavy atom. The molecule has 0 saturated carbocycles. The lowest BCUT2D eigenvalue weighted by molar-refractivity contribution is 0.0856. The first-order valence-electron chi connectivity index (χ1n) is 5.97. The van der Waals surface area contributed by atoms with Gasteiger partial charge in [-0.15, -0.1) is 0 Å². The summed E-state index contributed by atoms with van der Waals surface area (Å²) in [6.45, 7) is 4.10. The number of likely N-dealkylation sites (tertiary alicyclic amines) is 1. The number of piperidine rings is 1. The standard InChI is InChI=1S/C14H19NO/c1-11-5-3-4-6-13(11)14(16)12-7-9-15(2)10-8-12/h3-6,12H,7-10H2,1-2H3.